The summed E-state index contributed by atoms with van der Waals surface area (Å²) in [6, 6.07) is 5.62. The first-order valence-electron chi connectivity index (χ1n) is 10.9. The maximum atomic E-state index is 13.0. The molecule has 6 heteroatoms. The van der Waals surface area contributed by atoms with E-state index in [4.69, 9.17) is 0 Å². The molecule has 2 N–H and O–H groups in total. The Morgan fingerprint density at radius 3 is 2.72 bits per heavy atom. The average Bonchev–Trinajstić information content (AvgIpc) is 2.75. The number of carbonyl (C=O) groups excluding carboxylic acids is 2. The molecule has 3 amide bonds. The van der Waals surface area contributed by atoms with Crippen LogP contribution in [-0.4, -0.2) is 36.5 Å². The van der Waals surface area contributed by atoms with E-state index in [1.54, 1.807) is 17.0 Å². The van der Waals surface area contributed by atoms with Crippen LogP contribution in [0.4, 0.5) is 14.9 Å². The van der Waals surface area contributed by atoms with Crippen molar-refractivity contribution in [2.24, 2.45) is 5.92 Å². The van der Waals surface area contributed by atoms with Gasteiger partial charge in [-0.2, -0.15) is 0 Å². The Kier molecular flexibility index (Phi) is 8.08. The van der Waals surface area contributed by atoms with E-state index in [9.17, 15) is 14.0 Å². The maximum Gasteiger partial charge on any atom is 0.321 e. The van der Waals surface area contributed by atoms with Gasteiger partial charge in [-0.25, -0.2) is 9.18 Å². The van der Waals surface area contributed by atoms with Gasteiger partial charge in [0, 0.05) is 31.7 Å². The molecule has 5 nitrogen and oxygen atoms in total. The number of hydrogen-bond donors (Lipinski definition) is 2. The molecule has 0 unspecified atom stereocenters. The molecule has 1 saturated heterocycles. The molecular weight excluding hydrogens is 369 g/mol. The second-order valence-corrected chi connectivity index (χ2v) is 8.14. The van der Waals surface area contributed by atoms with Gasteiger partial charge in [-0.15, -0.1) is 0 Å². The molecule has 2 aliphatic rings. The molecule has 1 heterocycles. The van der Waals surface area contributed by atoms with Crippen molar-refractivity contribution in [1.82, 2.24) is 10.2 Å². The van der Waals surface area contributed by atoms with E-state index in [0.717, 1.165) is 32.2 Å². The zero-order chi connectivity index (χ0) is 20.5. The minimum atomic E-state index is -0.324. The van der Waals surface area contributed by atoms with Crippen LogP contribution in [0.5, 0.6) is 0 Å². The maximum absolute atomic E-state index is 13.0. The van der Waals surface area contributed by atoms with Crippen LogP contribution in [0.1, 0.15) is 57.8 Å². The smallest absolute Gasteiger partial charge is 0.321 e. The number of amides is 3. The fourth-order valence-corrected chi connectivity index (χ4v) is 4.14. The molecule has 1 atom stereocenters. The molecule has 3 rings (SSSR count). The Morgan fingerprint density at radius 2 is 1.97 bits per heavy atom. The van der Waals surface area contributed by atoms with Crippen LogP contribution < -0.4 is 10.6 Å². The number of nitrogens with one attached hydrogen (secondary N) is 2. The highest BCUT2D eigenvalue weighted by atomic mass is 19.1. The van der Waals surface area contributed by atoms with E-state index >= 15 is 0 Å². The van der Waals surface area contributed by atoms with E-state index in [2.05, 4.69) is 16.7 Å². The van der Waals surface area contributed by atoms with Crippen molar-refractivity contribution in [2.75, 3.05) is 25.0 Å². The van der Waals surface area contributed by atoms with E-state index in [1.807, 2.05) is 0 Å². The third-order valence-electron chi connectivity index (χ3n) is 5.83. The predicted molar refractivity (Wildman–Crippen MR) is 113 cm³/mol. The normalized spacial score (nSPS) is 19.4. The summed E-state index contributed by atoms with van der Waals surface area (Å²) in [5, 5.41) is 5.86. The summed E-state index contributed by atoms with van der Waals surface area (Å²) in [5.74, 6) is 0.124. The van der Waals surface area contributed by atoms with E-state index in [0.29, 0.717) is 31.1 Å². The van der Waals surface area contributed by atoms with Gasteiger partial charge in [-0.1, -0.05) is 11.6 Å². The van der Waals surface area contributed by atoms with Crippen LogP contribution in [0.3, 0.4) is 0 Å². The van der Waals surface area contributed by atoms with Gasteiger partial charge in [0.1, 0.15) is 5.82 Å². The lowest BCUT2D eigenvalue weighted by Crippen LogP contribution is -2.42. The summed E-state index contributed by atoms with van der Waals surface area (Å²) in [4.78, 5) is 26.4. The molecule has 0 spiro atoms. The second-order valence-electron chi connectivity index (χ2n) is 8.14. The van der Waals surface area contributed by atoms with Crippen molar-refractivity contribution >= 4 is 17.6 Å². The second kappa shape index (κ2) is 11.0. The molecule has 0 radical (unpaired) electrons. The first-order valence-corrected chi connectivity index (χ1v) is 10.9. The van der Waals surface area contributed by atoms with Crippen LogP contribution in [0, 0.1) is 11.7 Å². The Labute approximate surface area is 172 Å². The van der Waals surface area contributed by atoms with Crippen LogP contribution in [0.15, 0.2) is 35.9 Å². The topological polar surface area (TPSA) is 61.4 Å². The van der Waals surface area contributed by atoms with Gasteiger partial charge in [-0.3, -0.25) is 4.79 Å². The lowest BCUT2D eigenvalue weighted by Gasteiger charge is -2.32. The number of rotatable bonds is 7. The van der Waals surface area contributed by atoms with Gasteiger partial charge in [0.2, 0.25) is 5.91 Å². The Bertz CT molecular complexity index is 717. The first-order chi connectivity index (χ1) is 14.1. The van der Waals surface area contributed by atoms with Gasteiger partial charge in [-0.05, 0) is 81.5 Å². The summed E-state index contributed by atoms with van der Waals surface area (Å²) in [5.41, 5.74) is 2.07. The number of carbonyl (C=O) groups is 2. The molecule has 1 fully saturated rings. The summed E-state index contributed by atoms with van der Waals surface area (Å²) in [7, 11) is 0. The fraction of sp³-hybridized carbons (Fsp3) is 0.565. The van der Waals surface area contributed by atoms with Gasteiger partial charge in [0.05, 0.1) is 0 Å². The summed E-state index contributed by atoms with van der Waals surface area (Å²) in [6.07, 6.45) is 11.5. The number of piperidine rings is 1. The van der Waals surface area contributed by atoms with Crippen molar-refractivity contribution in [2.45, 2.75) is 57.8 Å². The Balaban J connectivity index is 1.35. The van der Waals surface area contributed by atoms with Gasteiger partial charge in [0.15, 0.2) is 0 Å². The highest BCUT2D eigenvalue weighted by Crippen LogP contribution is 2.22. The van der Waals surface area contributed by atoms with E-state index < -0.39 is 0 Å². The molecule has 0 aromatic heterocycles. The molecular formula is C23H32FN3O2. The van der Waals surface area contributed by atoms with Crippen molar-refractivity contribution in [3.63, 3.8) is 0 Å². The minimum absolute atomic E-state index is 0.106. The van der Waals surface area contributed by atoms with Crippen LogP contribution in [0.25, 0.3) is 0 Å². The number of allylic oxidation sites excluding steroid dienone is 1. The number of hydrogen-bond acceptors (Lipinski definition) is 2. The zero-order valence-corrected chi connectivity index (χ0v) is 17.1. The molecule has 1 aliphatic carbocycles. The number of likely N-dealkylation sites (tertiary alicyclic amines) is 1. The predicted octanol–water partition coefficient (Wildman–Crippen LogP) is 4.86. The quantitative estimate of drug-likeness (QED) is 0.641. The molecule has 1 aliphatic heterocycles. The van der Waals surface area contributed by atoms with Gasteiger partial charge < -0.3 is 15.5 Å². The van der Waals surface area contributed by atoms with Gasteiger partial charge >= 0.3 is 6.03 Å². The lowest BCUT2D eigenvalue weighted by atomic mass is 9.93. The monoisotopic (exact) mass is 401 g/mol. The summed E-state index contributed by atoms with van der Waals surface area (Å²) < 4.78 is 13.0. The lowest BCUT2D eigenvalue weighted by molar-refractivity contribution is -0.121. The molecule has 1 aromatic rings. The SMILES string of the molecule is O=C(CC[C@@H]1CCCN(C(=O)Nc2ccc(F)cc2)C1)NCCC1=CCCCC1. The molecule has 0 saturated carbocycles. The molecule has 29 heavy (non-hydrogen) atoms. The fourth-order valence-electron chi connectivity index (χ4n) is 4.14. The van der Waals surface area contributed by atoms with Crippen molar-refractivity contribution in [1.29, 1.82) is 0 Å². The van der Waals surface area contributed by atoms with Crippen molar-refractivity contribution < 1.29 is 14.0 Å². The summed E-state index contributed by atoms with van der Waals surface area (Å²) >= 11 is 0. The number of halogens is 1. The van der Waals surface area contributed by atoms with Gasteiger partial charge in [0.25, 0.3) is 0 Å². The third kappa shape index (κ3) is 7.18. The minimum Gasteiger partial charge on any atom is -0.356 e. The standard InChI is InChI=1S/C23H32FN3O2/c24-20-9-11-21(12-10-20)26-23(29)27-16-4-7-19(17-27)8-13-22(28)25-15-14-18-5-2-1-3-6-18/h5,9-12,19H,1-4,6-8,13-17H2,(H,25,28)(H,26,29)/t19-/m0/s1. The molecule has 1 aromatic carbocycles. The zero-order valence-electron chi connectivity index (χ0n) is 17.1. The van der Waals surface area contributed by atoms with Crippen LogP contribution in [0.2, 0.25) is 0 Å². The molecule has 158 valence electrons. The Morgan fingerprint density at radius 1 is 1.14 bits per heavy atom. The Hall–Kier alpha value is -2.37. The van der Waals surface area contributed by atoms with Crippen molar-refractivity contribution in [3.8, 4) is 0 Å². The highest BCUT2D eigenvalue weighted by molar-refractivity contribution is 5.89. The number of anilines is 1. The average molecular weight is 402 g/mol. The number of nitrogens with zero attached hydrogens (tertiary/aromatic N) is 1. The largest absolute Gasteiger partial charge is 0.356 e. The summed E-state index contributed by atoms with van der Waals surface area (Å²) in [6.45, 7) is 2.10. The number of urea groups is 1. The van der Waals surface area contributed by atoms with Crippen LogP contribution in [-0.2, 0) is 4.79 Å². The third-order valence-corrected chi connectivity index (χ3v) is 5.83. The van der Waals surface area contributed by atoms with Crippen LogP contribution >= 0.6 is 0 Å². The first kappa shape index (κ1) is 21.3. The van der Waals surface area contributed by atoms with E-state index in [-0.39, 0.29) is 17.8 Å². The highest BCUT2D eigenvalue weighted by Gasteiger charge is 2.24. The number of benzene rings is 1. The van der Waals surface area contributed by atoms with Crippen molar-refractivity contribution in [3.05, 3.63) is 41.7 Å². The van der Waals surface area contributed by atoms with E-state index in [1.165, 1.54) is 43.4 Å². The molecule has 0 bridgehead atoms.